The zero-order valence-electron chi connectivity index (χ0n) is 20.9. The van der Waals surface area contributed by atoms with E-state index in [2.05, 4.69) is 36.1 Å². The van der Waals surface area contributed by atoms with Crippen LogP contribution < -0.4 is 4.90 Å². The van der Waals surface area contributed by atoms with Crippen LogP contribution in [0, 0.1) is 17.1 Å². The van der Waals surface area contributed by atoms with Gasteiger partial charge < -0.3 is 4.90 Å². The fourth-order valence-corrected chi connectivity index (χ4v) is 5.10. The Bertz CT molecular complexity index is 1380. The number of hydrogen-bond acceptors (Lipinski definition) is 4. The Hall–Kier alpha value is -3.72. The first-order valence-electron chi connectivity index (χ1n) is 13.1. The van der Waals surface area contributed by atoms with Crippen molar-refractivity contribution in [3.8, 4) is 23.1 Å². The van der Waals surface area contributed by atoms with Crippen LogP contribution in [0.2, 0.25) is 0 Å². The van der Waals surface area contributed by atoms with Crippen LogP contribution in [-0.2, 0) is 6.42 Å². The minimum Gasteiger partial charge on any atom is -0.370 e. The van der Waals surface area contributed by atoms with Crippen LogP contribution in [0.3, 0.4) is 0 Å². The van der Waals surface area contributed by atoms with Crippen LogP contribution in [-0.4, -0.2) is 27.6 Å². The van der Waals surface area contributed by atoms with Crippen LogP contribution in [0.25, 0.3) is 28.2 Å². The quantitative estimate of drug-likeness (QED) is 0.250. The molecule has 1 fully saturated rings. The zero-order valence-corrected chi connectivity index (χ0v) is 20.9. The smallest absolute Gasteiger partial charge is 0.167 e. The van der Waals surface area contributed by atoms with E-state index in [1.54, 1.807) is 6.07 Å². The molecule has 1 saturated heterocycles. The van der Waals surface area contributed by atoms with Crippen LogP contribution >= 0.6 is 0 Å². The van der Waals surface area contributed by atoms with Gasteiger partial charge in [0.2, 0.25) is 0 Å². The van der Waals surface area contributed by atoms with E-state index < -0.39 is 5.82 Å². The van der Waals surface area contributed by atoms with Gasteiger partial charge in [-0.2, -0.15) is 5.26 Å². The fourth-order valence-electron chi connectivity index (χ4n) is 5.10. The normalized spacial score (nSPS) is 13.8. The Morgan fingerprint density at radius 3 is 2.50 bits per heavy atom. The Balaban J connectivity index is 1.61. The molecule has 5 nitrogen and oxygen atoms in total. The van der Waals surface area contributed by atoms with Gasteiger partial charge in [-0.25, -0.2) is 14.4 Å². The average Bonchev–Trinajstić information content (AvgIpc) is 3.32. The van der Waals surface area contributed by atoms with Gasteiger partial charge in [-0.15, -0.1) is 0 Å². The number of pyridine rings is 1. The number of unbranched alkanes of at least 4 members (excludes halogenated alkanes) is 3. The summed E-state index contributed by atoms with van der Waals surface area (Å²) in [4.78, 5) is 12.2. The largest absolute Gasteiger partial charge is 0.370 e. The molecule has 0 spiro atoms. The summed E-state index contributed by atoms with van der Waals surface area (Å²) in [5.41, 5.74) is 5.56. The maximum absolute atomic E-state index is 14.6. The van der Waals surface area contributed by atoms with E-state index in [0.717, 1.165) is 54.9 Å². The highest BCUT2D eigenvalue weighted by Crippen LogP contribution is 2.34. The Labute approximate surface area is 212 Å². The summed E-state index contributed by atoms with van der Waals surface area (Å²) in [6.07, 6.45) is 11.4. The SMILES string of the molecule is CCCCCCc1ccc(-n2c(-c3ccc(C#N)c(F)c3)nc3c(N4CCCCC4)ccnc32)cc1. The molecule has 3 heterocycles. The number of piperidine rings is 1. The number of halogens is 1. The van der Waals surface area contributed by atoms with E-state index in [1.807, 2.05) is 22.9 Å². The highest BCUT2D eigenvalue weighted by molar-refractivity contribution is 5.90. The van der Waals surface area contributed by atoms with Gasteiger partial charge in [-0.1, -0.05) is 38.3 Å². The van der Waals surface area contributed by atoms with Crippen LogP contribution in [0.1, 0.15) is 63.0 Å². The maximum atomic E-state index is 14.6. The van der Waals surface area contributed by atoms with Gasteiger partial charge in [0.25, 0.3) is 0 Å². The molecular weight excluding hydrogens is 449 g/mol. The van der Waals surface area contributed by atoms with Gasteiger partial charge in [-0.05, 0) is 74.1 Å². The van der Waals surface area contributed by atoms with Crippen molar-refractivity contribution in [2.45, 2.75) is 58.3 Å². The molecule has 4 aromatic rings. The van der Waals surface area contributed by atoms with Crippen LogP contribution in [0.5, 0.6) is 0 Å². The second-order valence-electron chi connectivity index (χ2n) is 9.60. The van der Waals surface area contributed by atoms with E-state index in [0.29, 0.717) is 11.4 Å². The molecule has 0 saturated carbocycles. The second kappa shape index (κ2) is 10.9. The number of hydrogen-bond donors (Lipinski definition) is 0. The fraction of sp³-hybridized carbons (Fsp3) is 0.367. The van der Waals surface area contributed by atoms with Gasteiger partial charge in [-0.3, -0.25) is 4.57 Å². The topological polar surface area (TPSA) is 57.7 Å². The van der Waals surface area contributed by atoms with E-state index in [9.17, 15) is 9.65 Å². The van der Waals surface area contributed by atoms with E-state index >= 15 is 0 Å². The molecule has 184 valence electrons. The summed E-state index contributed by atoms with van der Waals surface area (Å²) in [6, 6.07) is 17.2. The number of nitriles is 1. The third-order valence-corrected chi connectivity index (χ3v) is 7.08. The summed E-state index contributed by atoms with van der Waals surface area (Å²) in [6.45, 7) is 4.23. The number of aryl methyl sites for hydroxylation is 1. The van der Waals surface area contributed by atoms with E-state index in [1.165, 1.54) is 49.8 Å². The lowest BCUT2D eigenvalue weighted by atomic mass is 10.1. The molecule has 0 bridgehead atoms. The van der Waals surface area contributed by atoms with Crippen molar-refractivity contribution in [2.24, 2.45) is 0 Å². The number of fused-ring (bicyclic) bond motifs is 1. The highest BCUT2D eigenvalue weighted by atomic mass is 19.1. The first-order valence-corrected chi connectivity index (χ1v) is 13.1. The van der Waals surface area contributed by atoms with E-state index in [4.69, 9.17) is 9.97 Å². The lowest BCUT2D eigenvalue weighted by Gasteiger charge is -2.28. The molecule has 0 radical (unpaired) electrons. The second-order valence-corrected chi connectivity index (χ2v) is 9.60. The molecule has 36 heavy (non-hydrogen) atoms. The molecular formula is C30H32FN5. The molecule has 1 aliphatic heterocycles. The van der Waals surface area contributed by atoms with Crippen molar-refractivity contribution in [1.29, 1.82) is 5.26 Å². The predicted molar refractivity (Wildman–Crippen MR) is 143 cm³/mol. The lowest BCUT2D eigenvalue weighted by Crippen LogP contribution is -2.29. The minimum absolute atomic E-state index is 0.0287. The van der Waals surface area contributed by atoms with Gasteiger partial charge >= 0.3 is 0 Å². The van der Waals surface area contributed by atoms with E-state index in [-0.39, 0.29) is 5.56 Å². The summed E-state index contributed by atoms with van der Waals surface area (Å²) in [7, 11) is 0. The summed E-state index contributed by atoms with van der Waals surface area (Å²) < 4.78 is 16.7. The number of nitrogens with zero attached hydrogens (tertiary/aromatic N) is 5. The maximum Gasteiger partial charge on any atom is 0.167 e. The lowest BCUT2D eigenvalue weighted by molar-refractivity contribution is 0.578. The van der Waals surface area contributed by atoms with Crippen molar-refractivity contribution < 1.29 is 4.39 Å². The number of anilines is 1. The standard InChI is InChI=1S/C30H32FN5/c1-2-3-4-6-9-22-10-14-25(15-11-22)36-29(23-12-13-24(21-32)26(31)20-23)34-28-27(16-17-33-30(28)36)35-18-7-5-8-19-35/h10-17,20H,2-9,18-19H2,1H3. The number of benzene rings is 2. The van der Waals surface area contributed by atoms with Crippen molar-refractivity contribution in [3.05, 3.63) is 71.7 Å². The van der Waals surface area contributed by atoms with Crippen molar-refractivity contribution in [3.63, 3.8) is 0 Å². The van der Waals surface area contributed by atoms with Gasteiger partial charge in [0.1, 0.15) is 23.2 Å². The number of imidazole rings is 1. The molecule has 2 aromatic heterocycles. The summed E-state index contributed by atoms with van der Waals surface area (Å²) in [5, 5.41) is 9.20. The minimum atomic E-state index is -0.541. The third kappa shape index (κ3) is 4.83. The molecule has 0 amide bonds. The Morgan fingerprint density at radius 1 is 0.972 bits per heavy atom. The van der Waals surface area contributed by atoms with Gasteiger partial charge in [0.05, 0.1) is 11.3 Å². The first kappa shape index (κ1) is 24.0. The van der Waals surface area contributed by atoms with Crippen molar-refractivity contribution in [1.82, 2.24) is 14.5 Å². The Morgan fingerprint density at radius 2 is 1.78 bits per heavy atom. The summed E-state index contributed by atoms with van der Waals surface area (Å²) >= 11 is 0. The molecule has 1 aliphatic rings. The van der Waals surface area contributed by atoms with Gasteiger partial charge in [0, 0.05) is 30.5 Å². The van der Waals surface area contributed by atoms with Crippen LogP contribution in [0.4, 0.5) is 10.1 Å². The predicted octanol–water partition coefficient (Wildman–Crippen LogP) is 7.21. The molecule has 0 N–H and O–H groups in total. The first-order chi connectivity index (χ1) is 17.7. The number of rotatable bonds is 8. The molecule has 0 aliphatic carbocycles. The van der Waals surface area contributed by atoms with Crippen molar-refractivity contribution in [2.75, 3.05) is 18.0 Å². The number of aromatic nitrogens is 3. The molecule has 5 rings (SSSR count). The van der Waals surface area contributed by atoms with Crippen LogP contribution in [0.15, 0.2) is 54.7 Å². The van der Waals surface area contributed by atoms with Gasteiger partial charge in [0.15, 0.2) is 5.65 Å². The molecule has 2 aromatic carbocycles. The third-order valence-electron chi connectivity index (χ3n) is 7.08. The van der Waals surface area contributed by atoms with Crippen molar-refractivity contribution >= 4 is 16.9 Å². The monoisotopic (exact) mass is 481 g/mol. The zero-order chi connectivity index (χ0) is 24.9. The highest BCUT2D eigenvalue weighted by Gasteiger charge is 2.22. The Kier molecular flexibility index (Phi) is 7.27. The average molecular weight is 482 g/mol. The summed E-state index contributed by atoms with van der Waals surface area (Å²) in [5.74, 6) is 0.0845. The molecule has 6 heteroatoms. The molecule has 0 unspecified atom stereocenters. The molecule has 0 atom stereocenters.